The fourth-order valence-corrected chi connectivity index (χ4v) is 3.49. The summed E-state index contributed by atoms with van der Waals surface area (Å²) >= 11 is 0. The first-order chi connectivity index (χ1) is 10.3. The molecule has 22 heavy (non-hydrogen) atoms. The van der Waals surface area contributed by atoms with Crippen LogP contribution in [0, 0.1) is 5.92 Å². The van der Waals surface area contributed by atoms with E-state index in [9.17, 15) is 13.2 Å². The Hall–Kier alpha value is -1.76. The molecular weight excluding hydrogens is 302 g/mol. The van der Waals surface area contributed by atoms with Crippen LogP contribution in [-0.2, 0) is 10.0 Å². The predicted molar refractivity (Wildman–Crippen MR) is 87.4 cm³/mol. The van der Waals surface area contributed by atoms with Gasteiger partial charge in [0.25, 0.3) is 0 Å². The summed E-state index contributed by atoms with van der Waals surface area (Å²) in [6.45, 7) is 5.03. The minimum atomic E-state index is -3.31. The number of hydrogen-bond acceptors (Lipinski definition) is 3. The summed E-state index contributed by atoms with van der Waals surface area (Å²) in [7, 11) is -3.31. The van der Waals surface area contributed by atoms with Crippen LogP contribution in [0.4, 0.5) is 10.5 Å². The number of sulfonamides is 1. The molecule has 1 heterocycles. The first-order valence-electron chi connectivity index (χ1n) is 7.40. The van der Waals surface area contributed by atoms with Gasteiger partial charge in [0.1, 0.15) is 0 Å². The van der Waals surface area contributed by atoms with Crippen molar-refractivity contribution in [2.24, 2.45) is 5.92 Å². The normalized spacial score (nSPS) is 18.0. The third-order valence-corrected chi connectivity index (χ3v) is 4.76. The van der Waals surface area contributed by atoms with Crippen molar-refractivity contribution in [3.8, 4) is 0 Å². The highest BCUT2D eigenvalue weighted by molar-refractivity contribution is 7.92. The second kappa shape index (κ2) is 6.56. The molecule has 0 saturated heterocycles. The molecule has 0 bridgehead atoms. The molecule has 1 aliphatic heterocycles. The van der Waals surface area contributed by atoms with Crippen LogP contribution in [-0.4, -0.2) is 33.8 Å². The van der Waals surface area contributed by atoms with Gasteiger partial charge in [0, 0.05) is 13.1 Å². The number of nitrogens with one attached hydrogen (secondary N) is 2. The Labute approximate surface area is 131 Å². The Morgan fingerprint density at radius 2 is 2.05 bits per heavy atom. The summed E-state index contributed by atoms with van der Waals surface area (Å²) < 4.78 is 25.2. The number of para-hydroxylation sites is 1. The average molecular weight is 325 g/mol. The molecule has 1 aliphatic rings. The molecule has 0 aromatic heterocycles. The number of urea groups is 1. The summed E-state index contributed by atoms with van der Waals surface area (Å²) in [6.07, 6.45) is 1.76. The van der Waals surface area contributed by atoms with Crippen LogP contribution in [0.15, 0.2) is 24.3 Å². The first-order valence-corrected chi connectivity index (χ1v) is 9.25. The van der Waals surface area contributed by atoms with Crippen LogP contribution < -0.4 is 14.9 Å². The number of anilines is 1. The standard InChI is InChI=1S/C15H23N3O3S/c1-11(2)10-16-15(19)17-13-8-9-18(22(3,20)21)14-7-5-4-6-12(13)14/h4-7,11,13H,8-10H2,1-3H3,(H2,16,17,19). The van der Waals surface area contributed by atoms with Crippen molar-refractivity contribution in [3.05, 3.63) is 29.8 Å². The van der Waals surface area contributed by atoms with Crippen molar-refractivity contribution in [1.29, 1.82) is 0 Å². The molecule has 0 spiro atoms. The Morgan fingerprint density at radius 3 is 2.68 bits per heavy atom. The molecule has 2 N–H and O–H groups in total. The van der Waals surface area contributed by atoms with E-state index in [1.165, 1.54) is 10.6 Å². The quantitative estimate of drug-likeness (QED) is 0.887. The van der Waals surface area contributed by atoms with Crippen LogP contribution in [0.1, 0.15) is 31.9 Å². The molecule has 0 fully saturated rings. The Morgan fingerprint density at radius 1 is 1.36 bits per heavy atom. The van der Waals surface area contributed by atoms with Crippen LogP contribution >= 0.6 is 0 Å². The van der Waals surface area contributed by atoms with Crippen LogP contribution in [0.5, 0.6) is 0 Å². The maximum Gasteiger partial charge on any atom is 0.315 e. The zero-order valence-corrected chi connectivity index (χ0v) is 14.0. The fourth-order valence-electron chi connectivity index (χ4n) is 2.53. The maximum atomic E-state index is 11.9. The Bertz CT molecular complexity index is 643. The first kappa shape index (κ1) is 16.6. The van der Waals surface area contributed by atoms with E-state index in [2.05, 4.69) is 10.6 Å². The molecule has 1 atom stereocenters. The number of fused-ring (bicyclic) bond motifs is 1. The highest BCUT2D eigenvalue weighted by Gasteiger charge is 2.30. The van der Waals surface area contributed by atoms with Gasteiger partial charge < -0.3 is 10.6 Å². The average Bonchev–Trinajstić information content (AvgIpc) is 2.44. The fraction of sp³-hybridized carbons (Fsp3) is 0.533. The molecule has 7 heteroatoms. The van der Waals surface area contributed by atoms with Crippen molar-refractivity contribution in [2.45, 2.75) is 26.3 Å². The number of nitrogens with zero attached hydrogens (tertiary/aromatic N) is 1. The Kier molecular flexibility index (Phi) is 4.95. The molecule has 122 valence electrons. The zero-order valence-electron chi connectivity index (χ0n) is 13.2. The highest BCUT2D eigenvalue weighted by Crippen LogP contribution is 2.34. The molecule has 6 nitrogen and oxygen atoms in total. The lowest BCUT2D eigenvalue weighted by Crippen LogP contribution is -2.44. The van der Waals surface area contributed by atoms with E-state index in [0.717, 1.165) is 5.56 Å². The number of amides is 2. The van der Waals surface area contributed by atoms with Gasteiger partial charge in [-0.3, -0.25) is 4.31 Å². The molecule has 0 aliphatic carbocycles. The van der Waals surface area contributed by atoms with E-state index in [1.54, 1.807) is 12.1 Å². The van der Waals surface area contributed by atoms with Crippen LogP contribution in [0.2, 0.25) is 0 Å². The van der Waals surface area contributed by atoms with E-state index in [1.807, 2.05) is 26.0 Å². The van der Waals surface area contributed by atoms with Gasteiger partial charge >= 0.3 is 6.03 Å². The minimum Gasteiger partial charge on any atom is -0.338 e. The number of carbonyl (C=O) groups excluding carboxylic acids is 1. The van der Waals surface area contributed by atoms with Gasteiger partial charge in [0.05, 0.1) is 18.0 Å². The lowest BCUT2D eigenvalue weighted by Gasteiger charge is -2.34. The molecule has 1 aromatic rings. The maximum absolute atomic E-state index is 11.9. The van der Waals surface area contributed by atoms with E-state index in [-0.39, 0.29) is 12.1 Å². The Balaban J connectivity index is 2.17. The van der Waals surface area contributed by atoms with E-state index < -0.39 is 10.0 Å². The van der Waals surface area contributed by atoms with Crippen molar-refractivity contribution >= 4 is 21.7 Å². The van der Waals surface area contributed by atoms with Crippen molar-refractivity contribution < 1.29 is 13.2 Å². The van der Waals surface area contributed by atoms with Crippen molar-refractivity contribution in [1.82, 2.24) is 10.6 Å². The smallest absolute Gasteiger partial charge is 0.315 e. The zero-order chi connectivity index (χ0) is 16.3. The second-order valence-corrected chi connectivity index (χ2v) is 7.89. The van der Waals surface area contributed by atoms with Crippen LogP contribution in [0.3, 0.4) is 0 Å². The molecular formula is C15H23N3O3S. The van der Waals surface area contributed by atoms with E-state index >= 15 is 0 Å². The summed E-state index contributed by atoms with van der Waals surface area (Å²) in [6, 6.07) is 6.89. The van der Waals surface area contributed by atoms with Gasteiger partial charge in [-0.15, -0.1) is 0 Å². The topological polar surface area (TPSA) is 78.5 Å². The number of rotatable bonds is 4. The third-order valence-electron chi connectivity index (χ3n) is 3.58. The molecule has 2 amide bonds. The lowest BCUT2D eigenvalue weighted by atomic mass is 9.98. The number of benzene rings is 1. The minimum absolute atomic E-state index is 0.179. The predicted octanol–water partition coefficient (Wildman–Crippen LogP) is 1.85. The molecule has 1 aromatic carbocycles. The summed E-state index contributed by atoms with van der Waals surface area (Å²) in [5, 5.41) is 5.75. The summed E-state index contributed by atoms with van der Waals surface area (Å²) in [5.74, 6) is 0.380. The van der Waals surface area contributed by atoms with E-state index in [4.69, 9.17) is 0 Å². The van der Waals surface area contributed by atoms with Gasteiger partial charge in [-0.2, -0.15) is 0 Å². The molecule has 2 rings (SSSR count). The van der Waals surface area contributed by atoms with Gasteiger partial charge in [-0.1, -0.05) is 32.0 Å². The SMILES string of the molecule is CC(C)CNC(=O)NC1CCN(S(C)(=O)=O)c2ccccc21. The van der Waals surface area contributed by atoms with E-state index in [0.29, 0.717) is 31.1 Å². The number of carbonyl (C=O) groups is 1. The monoisotopic (exact) mass is 325 g/mol. The van der Waals surface area contributed by atoms with Gasteiger partial charge in [-0.05, 0) is 24.0 Å². The molecule has 0 radical (unpaired) electrons. The third kappa shape index (κ3) is 3.91. The largest absolute Gasteiger partial charge is 0.338 e. The number of hydrogen-bond donors (Lipinski definition) is 2. The summed E-state index contributed by atoms with van der Waals surface area (Å²) in [4.78, 5) is 11.9. The summed E-state index contributed by atoms with van der Waals surface area (Å²) in [5.41, 5.74) is 1.48. The highest BCUT2D eigenvalue weighted by atomic mass is 32.2. The second-order valence-electron chi connectivity index (χ2n) is 5.98. The van der Waals surface area contributed by atoms with Crippen molar-refractivity contribution in [2.75, 3.05) is 23.7 Å². The van der Waals surface area contributed by atoms with Gasteiger partial charge in [0.2, 0.25) is 10.0 Å². The van der Waals surface area contributed by atoms with Gasteiger partial charge in [-0.25, -0.2) is 13.2 Å². The van der Waals surface area contributed by atoms with Crippen molar-refractivity contribution in [3.63, 3.8) is 0 Å². The lowest BCUT2D eigenvalue weighted by molar-refractivity contribution is 0.235. The van der Waals surface area contributed by atoms with Gasteiger partial charge in [0.15, 0.2) is 0 Å². The molecule has 0 saturated carbocycles. The van der Waals surface area contributed by atoms with Crippen LogP contribution in [0.25, 0.3) is 0 Å². The molecule has 1 unspecified atom stereocenters.